The number of halogens is 1. The molecule has 102 valence electrons. The summed E-state index contributed by atoms with van der Waals surface area (Å²) in [5, 5.41) is 0.817. The molecular formula is C18H13ClN2. The van der Waals surface area contributed by atoms with Crippen LogP contribution in [-0.4, -0.2) is 9.97 Å². The lowest BCUT2D eigenvalue weighted by Crippen LogP contribution is -2.14. The zero-order valence-corrected chi connectivity index (χ0v) is 12.1. The molecule has 0 radical (unpaired) electrons. The first-order valence-electron chi connectivity index (χ1n) is 6.97. The van der Waals surface area contributed by atoms with E-state index in [4.69, 9.17) is 11.6 Å². The standard InChI is InChI=1S/C18H13ClN2/c19-17-8-4-3-6-14(17)16-9-12-10-20-11-21-18(12)15-7-2-1-5-13(15)16/h1-8,10-11,16H,9H2. The van der Waals surface area contributed by atoms with Gasteiger partial charge in [0.1, 0.15) is 6.33 Å². The second-order valence-corrected chi connectivity index (χ2v) is 5.67. The molecule has 1 aliphatic carbocycles. The number of nitrogens with zero attached hydrogens (tertiary/aromatic N) is 2. The molecule has 3 heteroatoms. The van der Waals surface area contributed by atoms with Gasteiger partial charge < -0.3 is 0 Å². The molecule has 2 nitrogen and oxygen atoms in total. The molecule has 21 heavy (non-hydrogen) atoms. The quantitative estimate of drug-likeness (QED) is 0.660. The van der Waals surface area contributed by atoms with E-state index in [0.29, 0.717) is 0 Å². The second-order valence-electron chi connectivity index (χ2n) is 5.26. The van der Waals surface area contributed by atoms with Gasteiger partial charge in [-0.25, -0.2) is 9.97 Å². The molecular weight excluding hydrogens is 280 g/mol. The van der Waals surface area contributed by atoms with Crippen LogP contribution in [0.4, 0.5) is 0 Å². The first-order valence-corrected chi connectivity index (χ1v) is 7.35. The van der Waals surface area contributed by atoms with Crippen molar-refractivity contribution in [3.63, 3.8) is 0 Å². The third-order valence-corrected chi connectivity index (χ3v) is 4.43. The van der Waals surface area contributed by atoms with Crippen LogP contribution in [0.2, 0.25) is 5.02 Å². The summed E-state index contributed by atoms with van der Waals surface area (Å²) in [6.45, 7) is 0. The molecule has 1 aliphatic rings. The maximum absolute atomic E-state index is 6.42. The van der Waals surface area contributed by atoms with E-state index in [1.54, 1.807) is 6.33 Å². The van der Waals surface area contributed by atoms with Crippen LogP contribution in [-0.2, 0) is 6.42 Å². The van der Waals surface area contributed by atoms with Crippen molar-refractivity contribution in [2.24, 2.45) is 0 Å². The minimum Gasteiger partial charge on any atom is -0.244 e. The molecule has 1 heterocycles. The van der Waals surface area contributed by atoms with E-state index >= 15 is 0 Å². The van der Waals surface area contributed by atoms with E-state index in [9.17, 15) is 0 Å². The molecule has 3 aromatic rings. The monoisotopic (exact) mass is 292 g/mol. The Balaban J connectivity index is 1.95. The molecule has 0 fully saturated rings. The highest BCUT2D eigenvalue weighted by Crippen LogP contribution is 2.42. The Labute approximate surface area is 128 Å². The summed E-state index contributed by atoms with van der Waals surface area (Å²) in [6.07, 6.45) is 4.42. The fourth-order valence-electron chi connectivity index (χ4n) is 3.13. The topological polar surface area (TPSA) is 25.8 Å². The van der Waals surface area contributed by atoms with Crippen LogP contribution in [0.15, 0.2) is 61.1 Å². The number of aromatic nitrogens is 2. The van der Waals surface area contributed by atoms with E-state index in [1.165, 1.54) is 22.3 Å². The van der Waals surface area contributed by atoms with Gasteiger partial charge >= 0.3 is 0 Å². The maximum atomic E-state index is 6.42. The maximum Gasteiger partial charge on any atom is 0.116 e. The van der Waals surface area contributed by atoms with Gasteiger partial charge in [-0.1, -0.05) is 54.1 Å². The largest absolute Gasteiger partial charge is 0.244 e. The molecule has 0 aliphatic heterocycles. The summed E-state index contributed by atoms with van der Waals surface area (Å²) in [7, 11) is 0. The lowest BCUT2D eigenvalue weighted by Gasteiger charge is -2.27. The average Bonchev–Trinajstić information content (AvgIpc) is 2.55. The number of rotatable bonds is 1. The zero-order chi connectivity index (χ0) is 14.2. The Morgan fingerprint density at radius 2 is 1.71 bits per heavy atom. The van der Waals surface area contributed by atoms with Crippen molar-refractivity contribution in [2.45, 2.75) is 12.3 Å². The molecule has 0 amide bonds. The Morgan fingerprint density at radius 3 is 2.57 bits per heavy atom. The van der Waals surface area contributed by atoms with Gasteiger partial charge in [0.25, 0.3) is 0 Å². The molecule has 1 unspecified atom stereocenters. The van der Waals surface area contributed by atoms with Crippen LogP contribution in [0.5, 0.6) is 0 Å². The van der Waals surface area contributed by atoms with Gasteiger partial charge in [-0.3, -0.25) is 0 Å². The molecule has 2 aromatic carbocycles. The summed E-state index contributed by atoms with van der Waals surface area (Å²) in [5.41, 5.74) is 5.87. The van der Waals surface area contributed by atoms with E-state index < -0.39 is 0 Å². The number of hydrogen-bond donors (Lipinski definition) is 0. The van der Waals surface area contributed by atoms with Crippen LogP contribution in [0, 0.1) is 0 Å². The summed E-state index contributed by atoms with van der Waals surface area (Å²) in [4.78, 5) is 8.64. The lowest BCUT2D eigenvalue weighted by atomic mass is 9.78. The minimum absolute atomic E-state index is 0.258. The zero-order valence-electron chi connectivity index (χ0n) is 11.3. The third-order valence-electron chi connectivity index (χ3n) is 4.08. The van der Waals surface area contributed by atoms with Gasteiger partial charge in [-0.05, 0) is 29.2 Å². The smallest absolute Gasteiger partial charge is 0.116 e. The highest BCUT2D eigenvalue weighted by Gasteiger charge is 2.27. The van der Waals surface area contributed by atoms with Crippen molar-refractivity contribution in [3.8, 4) is 11.3 Å². The van der Waals surface area contributed by atoms with E-state index in [1.807, 2.05) is 24.4 Å². The van der Waals surface area contributed by atoms with Crippen molar-refractivity contribution >= 4 is 11.6 Å². The minimum atomic E-state index is 0.258. The summed E-state index contributed by atoms with van der Waals surface area (Å²) in [6, 6.07) is 16.5. The van der Waals surface area contributed by atoms with E-state index in [2.05, 4.69) is 40.3 Å². The molecule has 1 aromatic heterocycles. The fourth-order valence-corrected chi connectivity index (χ4v) is 3.40. The normalized spacial score (nSPS) is 16.1. The number of fused-ring (bicyclic) bond motifs is 3. The second kappa shape index (κ2) is 4.97. The van der Waals surface area contributed by atoms with Gasteiger partial charge in [0.05, 0.1) is 5.69 Å². The van der Waals surface area contributed by atoms with E-state index in [0.717, 1.165) is 17.1 Å². The Bertz CT molecular complexity index is 814. The first kappa shape index (κ1) is 12.5. The van der Waals surface area contributed by atoms with Crippen molar-refractivity contribution in [3.05, 3.63) is 82.8 Å². The fraction of sp³-hybridized carbons (Fsp3) is 0.111. The van der Waals surface area contributed by atoms with Crippen LogP contribution >= 0.6 is 11.6 Å². The summed E-state index contributed by atoms with van der Waals surface area (Å²) >= 11 is 6.42. The highest BCUT2D eigenvalue weighted by atomic mass is 35.5. The Hall–Kier alpha value is -2.19. The van der Waals surface area contributed by atoms with Gasteiger partial charge in [-0.2, -0.15) is 0 Å². The van der Waals surface area contributed by atoms with Crippen molar-refractivity contribution < 1.29 is 0 Å². The predicted molar refractivity (Wildman–Crippen MR) is 84.5 cm³/mol. The molecule has 0 saturated carbocycles. The number of hydrogen-bond acceptors (Lipinski definition) is 2. The van der Waals surface area contributed by atoms with Crippen molar-refractivity contribution in [1.29, 1.82) is 0 Å². The number of benzene rings is 2. The van der Waals surface area contributed by atoms with E-state index in [-0.39, 0.29) is 5.92 Å². The first-order chi connectivity index (χ1) is 10.3. The molecule has 0 saturated heterocycles. The predicted octanol–water partition coefficient (Wildman–Crippen LogP) is 4.49. The third kappa shape index (κ3) is 2.03. The van der Waals surface area contributed by atoms with Crippen molar-refractivity contribution in [2.75, 3.05) is 0 Å². The molecule has 1 atom stereocenters. The average molecular weight is 293 g/mol. The Morgan fingerprint density at radius 1 is 0.952 bits per heavy atom. The molecule has 4 rings (SSSR count). The molecule has 0 spiro atoms. The molecule has 0 N–H and O–H groups in total. The molecule has 0 bridgehead atoms. The van der Waals surface area contributed by atoms with Gasteiger partial charge in [0.2, 0.25) is 0 Å². The highest BCUT2D eigenvalue weighted by molar-refractivity contribution is 6.31. The summed E-state index contributed by atoms with van der Waals surface area (Å²) in [5.74, 6) is 0.258. The van der Waals surface area contributed by atoms with Crippen LogP contribution in [0.1, 0.15) is 22.6 Å². The van der Waals surface area contributed by atoms with Crippen LogP contribution in [0.3, 0.4) is 0 Å². The van der Waals surface area contributed by atoms with Gasteiger partial charge in [0, 0.05) is 22.7 Å². The van der Waals surface area contributed by atoms with Gasteiger partial charge in [-0.15, -0.1) is 0 Å². The van der Waals surface area contributed by atoms with Gasteiger partial charge in [0.15, 0.2) is 0 Å². The summed E-state index contributed by atoms with van der Waals surface area (Å²) < 4.78 is 0. The lowest BCUT2D eigenvalue weighted by molar-refractivity contribution is 0.781. The van der Waals surface area contributed by atoms with Crippen molar-refractivity contribution in [1.82, 2.24) is 9.97 Å². The van der Waals surface area contributed by atoms with Crippen LogP contribution in [0.25, 0.3) is 11.3 Å². The SMILES string of the molecule is Clc1ccccc1C1Cc2cncnc2-c2ccccc21. The van der Waals surface area contributed by atoms with Crippen LogP contribution < -0.4 is 0 Å². The Kier molecular flexibility index (Phi) is 2.97.